The lowest BCUT2D eigenvalue weighted by atomic mass is 10.00. The van der Waals surface area contributed by atoms with E-state index in [9.17, 15) is 10.1 Å². The number of anilines is 1. The van der Waals surface area contributed by atoms with Gasteiger partial charge in [0.05, 0.1) is 18.4 Å². The lowest BCUT2D eigenvalue weighted by molar-refractivity contribution is 0.0593. The summed E-state index contributed by atoms with van der Waals surface area (Å²) in [5, 5.41) is 9.25. The summed E-state index contributed by atoms with van der Waals surface area (Å²) in [6.45, 7) is 5.37. The molecule has 3 rings (SSSR count). The minimum atomic E-state index is -0.556. The maximum absolute atomic E-state index is 12.2. The van der Waals surface area contributed by atoms with Crippen molar-refractivity contribution in [2.24, 2.45) is 5.92 Å². The first-order valence-corrected chi connectivity index (χ1v) is 8.84. The van der Waals surface area contributed by atoms with Gasteiger partial charge in [0.15, 0.2) is 5.69 Å². The van der Waals surface area contributed by atoms with Crippen molar-refractivity contribution < 1.29 is 9.53 Å². The van der Waals surface area contributed by atoms with Crippen LogP contribution in [0.5, 0.6) is 0 Å². The molecule has 1 aromatic carbocycles. The highest BCUT2D eigenvalue weighted by Crippen LogP contribution is 2.26. The van der Waals surface area contributed by atoms with Gasteiger partial charge in [0.1, 0.15) is 6.07 Å². The molecule has 2 heterocycles. The number of carbonyl (C=O) groups excluding carboxylic acids is 1. The maximum atomic E-state index is 12.2. The Morgan fingerprint density at radius 1 is 1.46 bits per heavy atom. The molecule has 0 saturated carbocycles. The van der Waals surface area contributed by atoms with Crippen LogP contribution in [0.2, 0.25) is 0 Å². The van der Waals surface area contributed by atoms with Gasteiger partial charge in [-0.15, -0.1) is 0 Å². The molecule has 6 heteroatoms. The van der Waals surface area contributed by atoms with E-state index in [1.54, 1.807) is 10.8 Å². The van der Waals surface area contributed by atoms with Gasteiger partial charge in [-0.05, 0) is 43.0 Å². The van der Waals surface area contributed by atoms with Crippen LogP contribution in [0.1, 0.15) is 41.4 Å². The van der Waals surface area contributed by atoms with Gasteiger partial charge in [-0.25, -0.2) is 4.79 Å². The standard InChI is InChI=1S/C20H24N4O2/c1-14-5-4-8-23(11-14)12-15-6-3-7-17(9-15)24-13-16(10-21)18(22)19(24)20(25)26-2/h3,6-7,9,13-14H,4-5,8,11-12,22H2,1-2H3. The second-order valence-corrected chi connectivity index (χ2v) is 6.93. The highest BCUT2D eigenvalue weighted by atomic mass is 16.5. The van der Waals surface area contributed by atoms with Crippen molar-refractivity contribution >= 4 is 11.7 Å². The van der Waals surface area contributed by atoms with Gasteiger partial charge in [0.25, 0.3) is 0 Å². The Morgan fingerprint density at radius 2 is 2.27 bits per heavy atom. The number of methoxy groups -OCH3 is 1. The summed E-state index contributed by atoms with van der Waals surface area (Å²) in [4.78, 5) is 14.6. The number of aromatic nitrogens is 1. The number of hydrogen-bond acceptors (Lipinski definition) is 5. The number of rotatable bonds is 4. The summed E-state index contributed by atoms with van der Waals surface area (Å²) in [7, 11) is 1.30. The minimum absolute atomic E-state index is 0.148. The summed E-state index contributed by atoms with van der Waals surface area (Å²) in [5.41, 5.74) is 8.54. The van der Waals surface area contributed by atoms with Crippen LogP contribution in [0, 0.1) is 17.2 Å². The van der Waals surface area contributed by atoms with Crippen LogP contribution in [0.3, 0.4) is 0 Å². The molecule has 1 aromatic heterocycles. The van der Waals surface area contributed by atoms with E-state index in [1.165, 1.54) is 20.0 Å². The third kappa shape index (κ3) is 3.58. The van der Waals surface area contributed by atoms with Crippen LogP contribution in [-0.4, -0.2) is 35.6 Å². The molecule has 26 heavy (non-hydrogen) atoms. The van der Waals surface area contributed by atoms with Crippen LogP contribution in [-0.2, 0) is 11.3 Å². The molecule has 1 saturated heterocycles. The minimum Gasteiger partial charge on any atom is -0.464 e. The lowest BCUT2D eigenvalue weighted by Crippen LogP contribution is -2.33. The second-order valence-electron chi connectivity index (χ2n) is 6.93. The molecule has 1 fully saturated rings. The van der Waals surface area contributed by atoms with Crippen LogP contribution in [0.25, 0.3) is 5.69 Å². The quantitative estimate of drug-likeness (QED) is 0.855. The molecule has 2 N–H and O–H groups in total. The van der Waals surface area contributed by atoms with E-state index in [0.29, 0.717) is 0 Å². The summed E-state index contributed by atoms with van der Waals surface area (Å²) in [6.07, 6.45) is 4.11. The summed E-state index contributed by atoms with van der Waals surface area (Å²) in [5.74, 6) is 0.166. The Bertz CT molecular complexity index is 850. The molecule has 0 bridgehead atoms. The highest BCUT2D eigenvalue weighted by Gasteiger charge is 2.22. The van der Waals surface area contributed by atoms with Gasteiger partial charge in [0, 0.05) is 25.0 Å². The van der Waals surface area contributed by atoms with E-state index in [0.717, 1.165) is 36.8 Å². The van der Waals surface area contributed by atoms with Gasteiger partial charge in [0.2, 0.25) is 0 Å². The molecule has 1 atom stereocenters. The van der Waals surface area contributed by atoms with Crippen molar-refractivity contribution in [1.29, 1.82) is 5.26 Å². The van der Waals surface area contributed by atoms with E-state index >= 15 is 0 Å². The molecular weight excluding hydrogens is 328 g/mol. The third-order valence-corrected chi connectivity index (χ3v) is 4.88. The average Bonchev–Trinajstić information content (AvgIpc) is 2.98. The predicted octanol–water partition coefficient (Wildman–Crippen LogP) is 2.95. The molecule has 6 nitrogen and oxygen atoms in total. The number of benzene rings is 1. The van der Waals surface area contributed by atoms with E-state index in [-0.39, 0.29) is 16.9 Å². The van der Waals surface area contributed by atoms with Crippen LogP contribution in [0.4, 0.5) is 5.69 Å². The normalized spacial score (nSPS) is 17.7. The van der Waals surface area contributed by atoms with Crippen molar-refractivity contribution in [2.45, 2.75) is 26.3 Å². The SMILES string of the molecule is COC(=O)c1c(N)c(C#N)cn1-c1cccc(CN2CCCC(C)C2)c1. The van der Waals surface area contributed by atoms with Crippen molar-refractivity contribution in [2.75, 3.05) is 25.9 Å². The number of nitrogens with two attached hydrogens (primary N) is 1. The molecule has 1 unspecified atom stereocenters. The topological polar surface area (TPSA) is 84.3 Å². The zero-order valence-electron chi connectivity index (χ0n) is 15.2. The smallest absolute Gasteiger partial charge is 0.357 e. The summed E-state index contributed by atoms with van der Waals surface area (Å²) >= 11 is 0. The van der Waals surface area contributed by atoms with Gasteiger partial charge >= 0.3 is 5.97 Å². The highest BCUT2D eigenvalue weighted by molar-refractivity contribution is 5.95. The van der Waals surface area contributed by atoms with Crippen molar-refractivity contribution in [3.8, 4) is 11.8 Å². The Kier molecular flexibility index (Phi) is 5.29. The lowest BCUT2D eigenvalue weighted by Gasteiger charge is -2.30. The molecular formula is C20H24N4O2. The molecule has 136 valence electrons. The molecule has 0 amide bonds. The van der Waals surface area contributed by atoms with E-state index in [2.05, 4.69) is 17.9 Å². The van der Waals surface area contributed by atoms with Crippen LogP contribution >= 0.6 is 0 Å². The first kappa shape index (κ1) is 18.0. The van der Waals surface area contributed by atoms with E-state index < -0.39 is 5.97 Å². The monoisotopic (exact) mass is 352 g/mol. The number of nitrogen functional groups attached to an aromatic ring is 1. The number of ether oxygens (including phenoxy) is 1. The molecule has 1 aliphatic rings. The fourth-order valence-corrected chi connectivity index (χ4v) is 3.61. The first-order valence-electron chi connectivity index (χ1n) is 8.84. The van der Waals surface area contributed by atoms with Gasteiger partial charge in [-0.2, -0.15) is 5.26 Å². The number of piperidine rings is 1. The van der Waals surface area contributed by atoms with Crippen molar-refractivity contribution in [3.05, 3.63) is 47.3 Å². The Balaban J connectivity index is 1.93. The Morgan fingerprint density at radius 3 is 2.96 bits per heavy atom. The number of nitrogens with zero attached hydrogens (tertiary/aromatic N) is 3. The fourth-order valence-electron chi connectivity index (χ4n) is 3.61. The van der Waals surface area contributed by atoms with Crippen LogP contribution < -0.4 is 5.73 Å². The first-order chi connectivity index (χ1) is 12.5. The number of hydrogen-bond donors (Lipinski definition) is 1. The zero-order valence-corrected chi connectivity index (χ0v) is 15.2. The Labute approximate surface area is 153 Å². The molecule has 0 spiro atoms. The molecule has 0 aliphatic carbocycles. The number of esters is 1. The second kappa shape index (κ2) is 7.63. The van der Waals surface area contributed by atoms with Gasteiger partial charge < -0.3 is 15.0 Å². The maximum Gasteiger partial charge on any atom is 0.357 e. The van der Waals surface area contributed by atoms with E-state index in [1.807, 2.05) is 24.3 Å². The van der Waals surface area contributed by atoms with E-state index in [4.69, 9.17) is 10.5 Å². The zero-order chi connectivity index (χ0) is 18.7. The molecule has 0 radical (unpaired) electrons. The van der Waals surface area contributed by atoms with Gasteiger partial charge in [-0.3, -0.25) is 4.90 Å². The average molecular weight is 352 g/mol. The largest absolute Gasteiger partial charge is 0.464 e. The Hall–Kier alpha value is -2.78. The number of likely N-dealkylation sites (tertiary alicyclic amines) is 1. The summed E-state index contributed by atoms with van der Waals surface area (Å²) in [6, 6.07) is 10.0. The number of nitriles is 1. The van der Waals surface area contributed by atoms with Gasteiger partial charge in [-0.1, -0.05) is 19.1 Å². The summed E-state index contributed by atoms with van der Waals surface area (Å²) < 4.78 is 6.48. The van der Waals surface area contributed by atoms with Crippen molar-refractivity contribution in [3.63, 3.8) is 0 Å². The fraction of sp³-hybridized carbons (Fsp3) is 0.400. The third-order valence-electron chi connectivity index (χ3n) is 4.88. The molecule has 2 aromatic rings. The molecule has 1 aliphatic heterocycles. The predicted molar refractivity (Wildman–Crippen MR) is 99.9 cm³/mol. The van der Waals surface area contributed by atoms with Crippen LogP contribution in [0.15, 0.2) is 30.5 Å². The number of carbonyl (C=O) groups is 1. The van der Waals surface area contributed by atoms with Crippen molar-refractivity contribution in [1.82, 2.24) is 9.47 Å².